The van der Waals surface area contributed by atoms with Gasteiger partial charge in [0.15, 0.2) is 6.23 Å². The predicted octanol–water partition coefficient (Wildman–Crippen LogP) is 3.80. The maximum atomic E-state index is 11.7. The molecule has 1 fully saturated rings. The summed E-state index contributed by atoms with van der Waals surface area (Å²) in [7, 11) is 0. The van der Waals surface area contributed by atoms with E-state index >= 15 is 0 Å². The van der Waals surface area contributed by atoms with Gasteiger partial charge in [-0.15, -0.1) is 0 Å². The first-order valence-corrected chi connectivity index (χ1v) is 8.32. The van der Waals surface area contributed by atoms with Gasteiger partial charge in [-0.05, 0) is 19.1 Å². The molecule has 0 aromatic rings. The number of carbonyl (C=O) groups is 1. The van der Waals surface area contributed by atoms with E-state index in [1.165, 1.54) is 0 Å². The highest BCUT2D eigenvalue weighted by Gasteiger charge is 2.24. The van der Waals surface area contributed by atoms with Crippen LogP contribution < -0.4 is 0 Å². The molecule has 0 aliphatic carbocycles. The van der Waals surface area contributed by atoms with E-state index < -0.39 is 0 Å². The normalized spacial score (nSPS) is 19.7. The summed E-state index contributed by atoms with van der Waals surface area (Å²) in [6.45, 7) is 16.1. The van der Waals surface area contributed by atoms with Gasteiger partial charge in [-0.2, -0.15) is 0 Å². The van der Waals surface area contributed by atoms with Gasteiger partial charge in [0.2, 0.25) is 0 Å². The zero-order valence-electron chi connectivity index (χ0n) is 14.5. The first-order chi connectivity index (χ1) is 10.9. The Kier molecular flexibility index (Phi) is 5.69. The molecule has 2 heterocycles. The number of rotatable bonds is 9. The van der Waals surface area contributed by atoms with Crippen molar-refractivity contribution in [3.05, 3.63) is 48.7 Å². The van der Waals surface area contributed by atoms with E-state index in [9.17, 15) is 4.79 Å². The first kappa shape index (κ1) is 17.4. The summed E-state index contributed by atoms with van der Waals surface area (Å²) in [5.74, 6) is 1.28. The Morgan fingerprint density at radius 1 is 1.48 bits per heavy atom. The lowest BCUT2D eigenvalue weighted by Crippen LogP contribution is -2.28. The van der Waals surface area contributed by atoms with Crippen molar-refractivity contribution in [2.75, 3.05) is 13.1 Å². The lowest BCUT2D eigenvalue weighted by atomic mass is 10.0. The first-order valence-electron chi connectivity index (χ1n) is 8.32. The molecule has 0 aromatic heterocycles. The molecule has 4 heteroatoms. The van der Waals surface area contributed by atoms with Crippen LogP contribution in [0.15, 0.2) is 48.7 Å². The van der Waals surface area contributed by atoms with E-state index in [-0.39, 0.29) is 17.9 Å². The number of nitrogens with zero attached hydrogens (tertiary/aromatic N) is 2. The second kappa shape index (κ2) is 7.53. The van der Waals surface area contributed by atoms with Crippen LogP contribution in [-0.4, -0.2) is 34.9 Å². The van der Waals surface area contributed by atoms with E-state index in [1.807, 2.05) is 37.9 Å². The van der Waals surface area contributed by atoms with Crippen molar-refractivity contribution in [2.24, 2.45) is 5.92 Å². The van der Waals surface area contributed by atoms with E-state index in [2.05, 4.69) is 24.1 Å². The third-order valence-corrected chi connectivity index (χ3v) is 4.13. The minimum Gasteiger partial charge on any atom is -0.475 e. The highest BCUT2D eigenvalue weighted by atomic mass is 16.5. The van der Waals surface area contributed by atoms with Crippen molar-refractivity contribution in [3.63, 3.8) is 0 Å². The predicted molar refractivity (Wildman–Crippen MR) is 93.2 cm³/mol. The Hall–Kier alpha value is -1.97. The summed E-state index contributed by atoms with van der Waals surface area (Å²) >= 11 is 0. The van der Waals surface area contributed by atoms with Crippen molar-refractivity contribution < 1.29 is 9.53 Å². The molecular formula is C19H28N2O2. The molecule has 0 bridgehead atoms. The molecule has 2 rings (SSSR count). The summed E-state index contributed by atoms with van der Waals surface area (Å²) in [5, 5.41) is 0. The van der Waals surface area contributed by atoms with Gasteiger partial charge in [0.05, 0.1) is 5.76 Å². The number of carbonyl (C=O) groups excluding carboxylic acids is 1. The van der Waals surface area contributed by atoms with Crippen molar-refractivity contribution in [1.82, 2.24) is 9.80 Å². The minimum absolute atomic E-state index is 0.0742. The molecule has 2 aliphatic heterocycles. The lowest BCUT2D eigenvalue weighted by Gasteiger charge is -2.28. The van der Waals surface area contributed by atoms with Crippen LogP contribution in [0, 0.1) is 5.92 Å². The number of ketones is 1. The zero-order chi connectivity index (χ0) is 17.0. The SMILES string of the molecule is C=C(/C=C\N(C(=C)C)C1CC=C(CCC(=O)C(C)C)O1)N1CC1. The molecule has 0 saturated carbocycles. The fraction of sp³-hybridized carbons (Fsp3) is 0.526. The Balaban J connectivity index is 1.86. The van der Waals surface area contributed by atoms with Crippen molar-refractivity contribution in [3.8, 4) is 0 Å². The molecule has 2 aliphatic rings. The highest BCUT2D eigenvalue weighted by molar-refractivity contribution is 5.80. The van der Waals surface area contributed by atoms with Crippen LogP contribution >= 0.6 is 0 Å². The number of ether oxygens (including phenoxy) is 1. The number of allylic oxidation sites excluding steroid dienone is 3. The van der Waals surface area contributed by atoms with E-state index in [1.54, 1.807) is 0 Å². The van der Waals surface area contributed by atoms with Crippen LogP contribution in [0.25, 0.3) is 0 Å². The molecule has 1 unspecified atom stereocenters. The fourth-order valence-corrected chi connectivity index (χ4v) is 2.45. The van der Waals surface area contributed by atoms with E-state index in [4.69, 9.17) is 4.74 Å². The van der Waals surface area contributed by atoms with Crippen LogP contribution in [0.5, 0.6) is 0 Å². The number of hydrogen-bond donors (Lipinski definition) is 0. The van der Waals surface area contributed by atoms with E-state index in [0.717, 1.165) is 36.7 Å². The molecule has 23 heavy (non-hydrogen) atoms. The summed E-state index contributed by atoms with van der Waals surface area (Å²) in [5.41, 5.74) is 1.95. The summed E-state index contributed by atoms with van der Waals surface area (Å²) in [6, 6.07) is 0. The van der Waals surface area contributed by atoms with Crippen LogP contribution in [-0.2, 0) is 9.53 Å². The molecule has 0 amide bonds. The van der Waals surface area contributed by atoms with Crippen molar-refractivity contribution in [2.45, 2.75) is 46.3 Å². The molecule has 0 radical (unpaired) electrons. The quantitative estimate of drug-likeness (QED) is 0.478. The van der Waals surface area contributed by atoms with Gasteiger partial charge in [0.1, 0.15) is 5.78 Å². The van der Waals surface area contributed by atoms with Crippen LogP contribution in [0.1, 0.15) is 40.0 Å². The van der Waals surface area contributed by atoms with Crippen LogP contribution in [0.4, 0.5) is 0 Å². The molecule has 0 N–H and O–H groups in total. The second-order valence-corrected chi connectivity index (χ2v) is 6.54. The minimum atomic E-state index is -0.0742. The second-order valence-electron chi connectivity index (χ2n) is 6.54. The van der Waals surface area contributed by atoms with Gasteiger partial charge in [0, 0.05) is 55.9 Å². The molecule has 1 saturated heterocycles. The third kappa shape index (κ3) is 5.02. The molecule has 0 aromatic carbocycles. The summed E-state index contributed by atoms with van der Waals surface area (Å²) in [4.78, 5) is 16.0. The Morgan fingerprint density at radius 2 is 2.17 bits per heavy atom. The molecular weight excluding hydrogens is 288 g/mol. The van der Waals surface area contributed by atoms with Crippen LogP contribution in [0.3, 0.4) is 0 Å². The molecule has 0 spiro atoms. The molecule has 4 nitrogen and oxygen atoms in total. The fourth-order valence-electron chi connectivity index (χ4n) is 2.45. The summed E-state index contributed by atoms with van der Waals surface area (Å²) < 4.78 is 6.00. The third-order valence-electron chi connectivity index (χ3n) is 4.13. The standard InChI is InChI=1S/C19H28N2O2/c1-14(2)18(22)8-6-17-7-9-19(23-17)21(15(3)4)11-10-16(5)20-12-13-20/h7,10-11,14,19H,3,5-6,8-9,12-13H2,1-2,4H3/b11-10-. The van der Waals surface area contributed by atoms with Crippen LogP contribution in [0.2, 0.25) is 0 Å². The zero-order valence-corrected chi connectivity index (χ0v) is 14.5. The Labute approximate surface area is 139 Å². The van der Waals surface area contributed by atoms with Crippen molar-refractivity contribution in [1.29, 1.82) is 0 Å². The Morgan fingerprint density at radius 3 is 2.74 bits per heavy atom. The number of hydrogen-bond acceptors (Lipinski definition) is 4. The number of Topliss-reactive ketones (excluding diaryl/α,β-unsaturated/α-hetero) is 1. The van der Waals surface area contributed by atoms with E-state index in [0.29, 0.717) is 12.8 Å². The topological polar surface area (TPSA) is 32.6 Å². The van der Waals surface area contributed by atoms with Gasteiger partial charge in [0.25, 0.3) is 0 Å². The average Bonchev–Trinajstić information content (AvgIpc) is 3.24. The maximum Gasteiger partial charge on any atom is 0.178 e. The Bertz CT molecular complexity index is 542. The van der Waals surface area contributed by atoms with Gasteiger partial charge >= 0.3 is 0 Å². The summed E-state index contributed by atoms with van der Waals surface area (Å²) in [6.07, 6.45) is 8.04. The lowest BCUT2D eigenvalue weighted by molar-refractivity contribution is -0.122. The molecule has 1 atom stereocenters. The van der Waals surface area contributed by atoms with Gasteiger partial charge < -0.3 is 14.5 Å². The monoisotopic (exact) mass is 316 g/mol. The molecule has 126 valence electrons. The van der Waals surface area contributed by atoms with Gasteiger partial charge in [-0.3, -0.25) is 4.79 Å². The van der Waals surface area contributed by atoms with Gasteiger partial charge in [-0.25, -0.2) is 0 Å². The smallest absolute Gasteiger partial charge is 0.178 e. The van der Waals surface area contributed by atoms with Crippen molar-refractivity contribution >= 4 is 5.78 Å². The average molecular weight is 316 g/mol. The largest absolute Gasteiger partial charge is 0.475 e. The van der Waals surface area contributed by atoms with Gasteiger partial charge in [-0.1, -0.05) is 27.0 Å². The highest BCUT2D eigenvalue weighted by Crippen LogP contribution is 2.27. The maximum absolute atomic E-state index is 11.7.